The minimum atomic E-state index is -2.72. The van der Waals surface area contributed by atoms with Crippen molar-refractivity contribution >= 4 is 50.6 Å². The summed E-state index contributed by atoms with van der Waals surface area (Å²) in [6.45, 7) is 0. The Bertz CT molecular complexity index is 2560. The molecule has 0 aliphatic carbocycles. The molecule has 0 amide bonds. The fraction of sp³-hybridized carbons (Fsp3) is 0. The summed E-state index contributed by atoms with van der Waals surface area (Å²) in [5.41, 5.74) is 5.53. The summed E-state index contributed by atoms with van der Waals surface area (Å²) in [7, 11) is -2.72. The molecule has 0 radical (unpaired) electrons. The predicted octanol–water partition coefficient (Wildman–Crippen LogP) is 7.44. The molecule has 0 aliphatic rings. The van der Waals surface area contributed by atoms with Gasteiger partial charge in [-0.3, -0.25) is 0 Å². The van der Waals surface area contributed by atoms with Crippen LogP contribution in [0.5, 0.6) is 0 Å². The second-order valence-corrected chi connectivity index (χ2v) is 16.1. The number of rotatable bonds is 6. The average molecular weight is 653 g/mol. The standard InChI is InChI=1S/C45H28N4Si/c46-29-32-20-25-44-42(26-32)40-18-10-11-19-43(40)49(44)45-28-41(34(30-47)27-35(45)31-48)33-21-23-39(24-22-33)50(36-12-4-1-5-13-36,37-14-6-2-7-15-37)38-16-8-3-9-17-38/h1-28H. The van der Waals surface area contributed by atoms with Crippen LogP contribution in [-0.4, -0.2) is 12.6 Å². The molecule has 0 bridgehead atoms. The van der Waals surface area contributed by atoms with Gasteiger partial charge in [0.15, 0.2) is 8.07 Å². The van der Waals surface area contributed by atoms with E-state index in [-0.39, 0.29) is 0 Å². The van der Waals surface area contributed by atoms with Crippen LogP contribution >= 0.6 is 0 Å². The Labute approximate surface area is 291 Å². The van der Waals surface area contributed by atoms with E-state index in [9.17, 15) is 15.8 Å². The number of nitriles is 3. The molecule has 1 aromatic heterocycles. The Morgan fingerprint density at radius 3 is 1.50 bits per heavy atom. The minimum Gasteiger partial charge on any atom is -0.308 e. The van der Waals surface area contributed by atoms with Crippen molar-refractivity contribution in [1.82, 2.24) is 4.57 Å². The van der Waals surface area contributed by atoms with Crippen LogP contribution in [0.3, 0.4) is 0 Å². The molecule has 0 saturated carbocycles. The number of aromatic nitrogens is 1. The van der Waals surface area contributed by atoms with Crippen molar-refractivity contribution < 1.29 is 0 Å². The Morgan fingerprint density at radius 2 is 0.940 bits per heavy atom. The Kier molecular flexibility index (Phi) is 7.63. The second kappa shape index (κ2) is 12.6. The number of fused-ring (bicyclic) bond motifs is 3. The zero-order valence-corrected chi connectivity index (χ0v) is 28.0. The minimum absolute atomic E-state index is 0.401. The Morgan fingerprint density at radius 1 is 0.420 bits per heavy atom. The van der Waals surface area contributed by atoms with Crippen molar-refractivity contribution in [3.63, 3.8) is 0 Å². The normalized spacial score (nSPS) is 11.1. The van der Waals surface area contributed by atoms with E-state index in [2.05, 4.69) is 138 Å². The highest BCUT2D eigenvalue weighted by atomic mass is 28.3. The average Bonchev–Trinajstić information content (AvgIpc) is 3.52. The van der Waals surface area contributed by atoms with Crippen molar-refractivity contribution in [2.24, 2.45) is 0 Å². The number of hydrogen-bond donors (Lipinski definition) is 0. The van der Waals surface area contributed by atoms with Gasteiger partial charge in [0.05, 0.1) is 45.5 Å². The third-order valence-electron chi connectivity index (χ3n) is 9.67. The Hall–Kier alpha value is -6.97. The molecule has 0 unspecified atom stereocenters. The molecule has 0 atom stereocenters. The van der Waals surface area contributed by atoms with Gasteiger partial charge < -0.3 is 4.57 Å². The van der Waals surface area contributed by atoms with Crippen LogP contribution in [0.4, 0.5) is 0 Å². The molecule has 232 valence electrons. The smallest absolute Gasteiger partial charge is 0.179 e. The van der Waals surface area contributed by atoms with E-state index in [1.54, 1.807) is 12.1 Å². The summed E-state index contributed by atoms with van der Waals surface area (Å²) >= 11 is 0. The van der Waals surface area contributed by atoms with E-state index in [0.717, 1.165) is 32.9 Å². The van der Waals surface area contributed by atoms with E-state index in [1.165, 1.54) is 20.7 Å². The van der Waals surface area contributed by atoms with Gasteiger partial charge in [-0.25, -0.2) is 0 Å². The number of para-hydroxylation sites is 1. The molecular weight excluding hydrogens is 625 g/mol. The quantitative estimate of drug-likeness (QED) is 0.138. The summed E-state index contributed by atoms with van der Waals surface area (Å²) in [5, 5.41) is 37.4. The number of hydrogen-bond acceptors (Lipinski definition) is 3. The van der Waals surface area contributed by atoms with Gasteiger partial charge in [-0.2, -0.15) is 15.8 Å². The summed E-state index contributed by atoms with van der Waals surface area (Å²) in [4.78, 5) is 0. The lowest BCUT2D eigenvalue weighted by molar-refractivity contribution is 1.17. The zero-order chi connectivity index (χ0) is 34.1. The molecule has 8 rings (SSSR count). The van der Waals surface area contributed by atoms with E-state index < -0.39 is 8.07 Å². The van der Waals surface area contributed by atoms with Gasteiger partial charge in [0.2, 0.25) is 0 Å². The third kappa shape index (κ3) is 4.80. The fourth-order valence-corrected chi connectivity index (χ4v) is 12.2. The van der Waals surface area contributed by atoms with E-state index in [4.69, 9.17) is 0 Å². The maximum atomic E-state index is 10.4. The molecule has 1 heterocycles. The van der Waals surface area contributed by atoms with Crippen molar-refractivity contribution in [2.75, 3.05) is 0 Å². The van der Waals surface area contributed by atoms with Gasteiger partial charge in [-0.1, -0.05) is 133 Å². The third-order valence-corrected chi connectivity index (χ3v) is 14.5. The fourth-order valence-electron chi connectivity index (χ4n) is 7.46. The lowest BCUT2D eigenvalue weighted by Crippen LogP contribution is -2.74. The van der Waals surface area contributed by atoms with Crippen molar-refractivity contribution in [1.29, 1.82) is 15.8 Å². The molecule has 7 aromatic carbocycles. The number of nitrogens with zero attached hydrogens (tertiary/aromatic N) is 4. The molecule has 4 nitrogen and oxygen atoms in total. The lowest BCUT2D eigenvalue weighted by atomic mass is 9.96. The molecule has 0 saturated heterocycles. The van der Waals surface area contributed by atoms with Crippen LogP contribution < -0.4 is 20.7 Å². The van der Waals surface area contributed by atoms with Crippen LogP contribution in [0.25, 0.3) is 38.6 Å². The molecule has 8 aromatic rings. The topological polar surface area (TPSA) is 76.3 Å². The molecule has 50 heavy (non-hydrogen) atoms. The van der Waals surface area contributed by atoms with Crippen LogP contribution in [0.1, 0.15) is 16.7 Å². The first-order valence-electron chi connectivity index (χ1n) is 16.4. The van der Waals surface area contributed by atoms with Gasteiger partial charge in [0, 0.05) is 16.3 Å². The number of benzene rings is 7. The van der Waals surface area contributed by atoms with Crippen molar-refractivity contribution in [2.45, 2.75) is 0 Å². The maximum absolute atomic E-state index is 10.4. The maximum Gasteiger partial charge on any atom is 0.179 e. The molecule has 0 fully saturated rings. The van der Waals surface area contributed by atoms with Gasteiger partial charge in [0.25, 0.3) is 0 Å². The largest absolute Gasteiger partial charge is 0.308 e. The van der Waals surface area contributed by atoms with Crippen LogP contribution in [-0.2, 0) is 0 Å². The summed E-state index contributed by atoms with van der Waals surface area (Å²) < 4.78 is 2.07. The highest BCUT2D eigenvalue weighted by molar-refractivity contribution is 7.19. The monoisotopic (exact) mass is 652 g/mol. The highest BCUT2D eigenvalue weighted by Gasteiger charge is 2.41. The van der Waals surface area contributed by atoms with Crippen LogP contribution in [0.2, 0.25) is 0 Å². The summed E-state index contributed by atoms with van der Waals surface area (Å²) in [6, 6.07) is 65.3. The zero-order valence-electron chi connectivity index (χ0n) is 27.0. The first kappa shape index (κ1) is 30.4. The molecule has 0 aliphatic heterocycles. The van der Waals surface area contributed by atoms with Gasteiger partial charge in [0.1, 0.15) is 6.07 Å². The first-order valence-corrected chi connectivity index (χ1v) is 18.4. The molecule has 5 heteroatoms. The molecule has 0 spiro atoms. The van der Waals surface area contributed by atoms with Crippen LogP contribution in [0.15, 0.2) is 170 Å². The summed E-state index contributed by atoms with van der Waals surface area (Å²) in [5.74, 6) is 0. The van der Waals surface area contributed by atoms with Gasteiger partial charge in [-0.05, 0) is 62.7 Å². The van der Waals surface area contributed by atoms with E-state index in [0.29, 0.717) is 22.4 Å². The van der Waals surface area contributed by atoms with Crippen molar-refractivity contribution in [3.8, 4) is 35.0 Å². The van der Waals surface area contributed by atoms with E-state index >= 15 is 0 Å². The first-order chi connectivity index (χ1) is 24.7. The van der Waals surface area contributed by atoms with Gasteiger partial charge >= 0.3 is 0 Å². The second-order valence-electron chi connectivity index (χ2n) is 12.3. The molecule has 0 N–H and O–H groups in total. The molecular formula is C45H28N4Si. The SMILES string of the molecule is N#Cc1ccc2c(c1)c1ccccc1n2-c1cc(-c2ccc([Si](c3ccccc3)(c3ccccc3)c3ccccc3)cc2)c(C#N)cc1C#N. The predicted molar refractivity (Wildman–Crippen MR) is 204 cm³/mol. The van der Waals surface area contributed by atoms with Gasteiger partial charge in [-0.15, -0.1) is 0 Å². The summed E-state index contributed by atoms with van der Waals surface area (Å²) in [6.07, 6.45) is 0. The van der Waals surface area contributed by atoms with Crippen molar-refractivity contribution in [3.05, 3.63) is 187 Å². The Balaban J connectivity index is 1.35. The highest BCUT2D eigenvalue weighted by Crippen LogP contribution is 2.36. The van der Waals surface area contributed by atoms with E-state index in [1.807, 2.05) is 42.5 Å². The van der Waals surface area contributed by atoms with Crippen LogP contribution in [0, 0.1) is 34.0 Å². The lowest BCUT2D eigenvalue weighted by Gasteiger charge is -2.34.